The van der Waals surface area contributed by atoms with Crippen LogP contribution in [-0.2, 0) is 4.79 Å². The molecule has 214 valence electrons. The zero-order chi connectivity index (χ0) is 28.6. The minimum atomic E-state index is -0.650. The minimum Gasteiger partial charge on any atom is -0.493 e. The number of carbonyl (C=O) groups excluding carboxylic acids is 2. The topological polar surface area (TPSA) is 127 Å². The molecule has 12 heteroatoms. The number of furan rings is 1. The lowest BCUT2D eigenvalue weighted by Gasteiger charge is -2.25. The van der Waals surface area contributed by atoms with Gasteiger partial charge in [-0.25, -0.2) is 4.39 Å². The molecule has 1 aliphatic rings. The summed E-state index contributed by atoms with van der Waals surface area (Å²) in [6.45, 7) is 5.67. The summed E-state index contributed by atoms with van der Waals surface area (Å²) in [5.41, 5.74) is 0.923. The Kier molecular flexibility index (Phi) is 8.99. The molecular formula is C29H31FN6O5. The quantitative estimate of drug-likeness (QED) is 0.288. The molecule has 0 spiro atoms. The average Bonchev–Trinajstić information content (AvgIpc) is 3.65. The van der Waals surface area contributed by atoms with E-state index in [1.807, 2.05) is 0 Å². The van der Waals surface area contributed by atoms with E-state index in [1.165, 1.54) is 12.3 Å². The van der Waals surface area contributed by atoms with E-state index in [4.69, 9.17) is 13.7 Å². The van der Waals surface area contributed by atoms with Crippen LogP contribution >= 0.6 is 0 Å². The molecule has 0 bridgehead atoms. The molecule has 11 nitrogen and oxygen atoms in total. The van der Waals surface area contributed by atoms with Crippen LogP contribution in [0.25, 0.3) is 22.8 Å². The van der Waals surface area contributed by atoms with Gasteiger partial charge < -0.3 is 28.8 Å². The summed E-state index contributed by atoms with van der Waals surface area (Å²) in [4.78, 5) is 37.4. The maximum absolute atomic E-state index is 14.8. The molecule has 41 heavy (non-hydrogen) atoms. The Hall–Kier alpha value is -4.58. The molecule has 0 saturated carbocycles. The van der Waals surface area contributed by atoms with Crippen molar-refractivity contribution in [3.05, 3.63) is 72.7 Å². The summed E-state index contributed by atoms with van der Waals surface area (Å²) in [5.74, 6) is 0.00829. The third-order valence-corrected chi connectivity index (χ3v) is 6.79. The standard InChI is InChI=1S/C29H31FN6O5/c1-20(32-27(37)25-5-2-17-40-25)29(38)36-14-3-12-35(15-16-36)13-4-18-39-22-6-7-23(24(30)19-22)26-33-28(41-34-26)21-8-10-31-11-9-21/h2,5-11,17,19-20H,3-4,12-16,18H2,1H3,(H,32,37)/t20-/m0/s1. The first-order valence-electron chi connectivity index (χ1n) is 13.5. The lowest BCUT2D eigenvalue weighted by molar-refractivity contribution is -0.132. The van der Waals surface area contributed by atoms with E-state index in [9.17, 15) is 14.0 Å². The van der Waals surface area contributed by atoms with Gasteiger partial charge in [0.05, 0.1) is 18.4 Å². The molecule has 1 atom stereocenters. The van der Waals surface area contributed by atoms with Gasteiger partial charge in [-0.1, -0.05) is 5.16 Å². The number of rotatable bonds is 10. The molecule has 2 amide bonds. The van der Waals surface area contributed by atoms with Gasteiger partial charge >= 0.3 is 0 Å². The molecule has 1 fully saturated rings. The number of pyridine rings is 1. The van der Waals surface area contributed by atoms with Crippen LogP contribution in [0, 0.1) is 5.82 Å². The van der Waals surface area contributed by atoms with Crippen LogP contribution in [0.2, 0.25) is 0 Å². The van der Waals surface area contributed by atoms with Crippen LogP contribution in [0.5, 0.6) is 5.75 Å². The van der Waals surface area contributed by atoms with Crippen molar-refractivity contribution in [2.24, 2.45) is 0 Å². The lowest BCUT2D eigenvalue weighted by Crippen LogP contribution is -2.48. The number of nitrogens with zero attached hydrogens (tertiary/aromatic N) is 5. The number of benzene rings is 1. The number of halogens is 1. The number of ether oxygens (including phenoxy) is 1. The van der Waals surface area contributed by atoms with E-state index in [0.717, 1.165) is 32.5 Å². The fourth-order valence-electron chi connectivity index (χ4n) is 4.62. The first-order chi connectivity index (χ1) is 20.0. The van der Waals surface area contributed by atoms with Gasteiger partial charge in [-0.2, -0.15) is 4.98 Å². The number of nitrogens with one attached hydrogen (secondary N) is 1. The van der Waals surface area contributed by atoms with E-state index >= 15 is 0 Å². The highest BCUT2D eigenvalue weighted by atomic mass is 19.1. The molecule has 0 radical (unpaired) electrons. The summed E-state index contributed by atoms with van der Waals surface area (Å²) in [6, 6.07) is 10.6. The third kappa shape index (κ3) is 7.14. The van der Waals surface area contributed by atoms with Gasteiger partial charge in [0.1, 0.15) is 17.6 Å². The Bertz CT molecular complexity index is 1450. The van der Waals surface area contributed by atoms with E-state index in [-0.39, 0.29) is 28.9 Å². The fourth-order valence-corrected chi connectivity index (χ4v) is 4.62. The summed E-state index contributed by atoms with van der Waals surface area (Å²) in [6.07, 6.45) is 6.22. The predicted molar refractivity (Wildman–Crippen MR) is 146 cm³/mol. The Labute approximate surface area is 236 Å². The van der Waals surface area contributed by atoms with E-state index in [1.54, 1.807) is 60.6 Å². The SMILES string of the molecule is C[C@H](NC(=O)c1ccco1)C(=O)N1CCCN(CCCOc2ccc(-c3noc(-c4ccncc4)n3)c(F)c2)CC1. The normalized spacial score (nSPS) is 14.8. The number of carbonyl (C=O) groups is 2. The Balaban J connectivity index is 1.05. The highest BCUT2D eigenvalue weighted by Crippen LogP contribution is 2.26. The van der Waals surface area contributed by atoms with Gasteiger partial charge in [-0.15, -0.1) is 0 Å². The van der Waals surface area contributed by atoms with Crippen molar-refractivity contribution in [2.45, 2.75) is 25.8 Å². The lowest BCUT2D eigenvalue weighted by atomic mass is 10.2. The van der Waals surface area contributed by atoms with Crippen LogP contribution in [-0.4, -0.2) is 82.1 Å². The highest BCUT2D eigenvalue weighted by Gasteiger charge is 2.25. The summed E-state index contributed by atoms with van der Waals surface area (Å²) in [7, 11) is 0. The van der Waals surface area contributed by atoms with Gasteiger partial charge in [0.15, 0.2) is 5.76 Å². The van der Waals surface area contributed by atoms with Gasteiger partial charge in [0.2, 0.25) is 11.7 Å². The zero-order valence-corrected chi connectivity index (χ0v) is 22.7. The predicted octanol–water partition coefficient (Wildman–Crippen LogP) is 3.65. The Morgan fingerprint density at radius 3 is 2.76 bits per heavy atom. The second-order valence-electron chi connectivity index (χ2n) is 9.70. The van der Waals surface area contributed by atoms with Gasteiger partial charge in [-0.3, -0.25) is 14.6 Å². The van der Waals surface area contributed by atoms with Crippen molar-refractivity contribution >= 4 is 11.8 Å². The molecule has 5 rings (SSSR count). The zero-order valence-electron chi connectivity index (χ0n) is 22.7. The average molecular weight is 563 g/mol. The molecule has 3 aromatic heterocycles. The van der Waals surface area contributed by atoms with Crippen molar-refractivity contribution in [3.8, 4) is 28.6 Å². The molecule has 4 heterocycles. The van der Waals surface area contributed by atoms with Crippen molar-refractivity contribution in [1.82, 2.24) is 30.2 Å². The second-order valence-corrected chi connectivity index (χ2v) is 9.70. The fraction of sp³-hybridized carbons (Fsp3) is 0.345. The van der Waals surface area contributed by atoms with Crippen molar-refractivity contribution in [1.29, 1.82) is 0 Å². The molecule has 4 aromatic rings. The molecule has 1 N–H and O–H groups in total. The van der Waals surface area contributed by atoms with Crippen LogP contribution in [0.3, 0.4) is 0 Å². The summed E-state index contributed by atoms with van der Waals surface area (Å²) in [5, 5.41) is 6.60. The van der Waals surface area contributed by atoms with Crippen molar-refractivity contribution < 1.29 is 27.7 Å². The van der Waals surface area contributed by atoms with Crippen LogP contribution in [0.4, 0.5) is 4.39 Å². The van der Waals surface area contributed by atoms with Crippen LogP contribution in [0.15, 0.2) is 70.1 Å². The van der Waals surface area contributed by atoms with Gasteiger partial charge in [-0.05, 0) is 62.7 Å². The van der Waals surface area contributed by atoms with Gasteiger partial charge in [0, 0.05) is 50.2 Å². The highest BCUT2D eigenvalue weighted by molar-refractivity contribution is 5.95. The molecule has 1 aliphatic heterocycles. The van der Waals surface area contributed by atoms with Crippen LogP contribution in [0.1, 0.15) is 30.3 Å². The molecule has 1 saturated heterocycles. The van der Waals surface area contributed by atoms with E-state index < -0.39 is 17.8 Å². The molecule has 0 unspecified atom stereocenters. The minimum absolute atomic E-state index is 0.116. The first kappa shape index (κ1) is 28.0. The maximum Gasteiger partial charge on any atom is 0.287 e. The summed E-state index contributed by atoms with van der Waals surface area (Å²) >= 11 is 0. The number of amides is 2. The van der Waals surface area contributed by atoms with E-state index in [2.05, 4.69) is 25.3 Å². The largest absolute Gasteiger partial charge is 0.493 e. The van der Waals surface area contributed by atoms with E-state index in [0.29, 0.717) is 31.0 Å². The summed E-state index contributed by atoms with van der Waals surface area (Å²) < 4.78 is 31.0. The maximum atomic E-state index is 14.8. The molecule has 0 aliphatic carbocycles. The van der Waals surface area contributed by atoms with Crippen molar-refractivity contribution in [3.63, 3.8) is 0 Å². The Morgan fingerprint density at radius 2 is 1.98 bits per heavy atom. The Morgan fingerprint density at radius 1 is 1.12 bits per heavy atom. The van der Waals surface area contributed by atoms with Crippen molar-refractivity contribution in [2.75, 3.05) is 39.3 Å². The molecule has 1 aromatic carbocycles. The van der Waals surface area contributed by atoms with Crippen LogP contribution < -0.4 is 10.1 Å². The number of hydrogen-bond donors (Lipinski definition) is 1. The smallest absolute Gasteiger partial charge is 0.287 e. The van der Waals surface area contributed by atoms with Gasteiger partial charge in [0.25, 0.3) is 11.8 Å². The first-order valence-corrected chi connectivity index (χ1v) is 13.5. The molecular weight excluding hydrogens is 531 g/mol. The monoisotopic (exact) mass is 562 g/mol. The second kappa shape index (κ2) is 13.2. The number of hydrogen-bond acceptors (Lipinski definition) is 9. The third-order valence-electron chi connectivity index (χ3n) is 6.79. The number of aromatic nitrogens is 3.